The zero-order valence-electron chi connectivity index (χ0n) is 14.2. The number of aliphatic hydroxyl groups is 1. The van der Waals surface area contributed by atoms with Crippen LogP contribution in [0.5, 0.6) is 5.75 Å². The number of benzene rings is 1. The van der Waals surface area contributed by atoms with E-state index in [4.69, 9.17) is 18.9 Å². The SMILES string of the molecule is C=CCc1cccc(OC)c1C(=O)O[C@@H]1C[C@H]([C@H](C)O)OC1OC. The molecule has 1 aliphatic heterocycles. The number of hydrogen-bond donors (Lipinski definition) is 1. The van der Waals surface area contributed by atoms with Crippen LogP contribution in [-0.2, 0) is 20.6 Å². The molecule has 6 nitrogen and oxygen atoms in total. The summed E-state index contributed by atoms with van der Waals surface area (Å²) in [5, 5.41) is 9.68. The first-order valence-corrected chi connectivity index (χ1v) is 7.85. The van der Waals surface area contributed by atoms with Crippen molar-refractivity contribution in [1.82, 2.24) is 0 Å². The van der Waals surface area contributed by atoms with E-state index in [1.807, 2.05) is 12.1 Å². The molecule has 0 radical (unpaired) electrons. The van der Waals surface area contributed by atoms with Gasteiger partial charge in [0.1, 0.15) is 11.3 Å². The van der Waals surface area contributed by atoms with Gasteiger partial charge in [-0.3, -0.25) is 0 Å². The van der Waals surface area contributed by atoms with E-state index in [0.29, 0.717) is 24.2 Å². The first-order valence-electron chi connectivity index (χ1n) is 7.85. The number of aliphatic hydroxyl groups excluding tert-OH is 1. The zero-order chi connectivity index (χ0) is 17.7. The number of rotatable bonds is 7. The van der Waals surface area contributed by atoms with Crippen molar-refractivity contribution < 1.29 is 28.8 Å². The fourth-order valence-electron chi connectivity index (χ4n) is 2.78. The third kappa shape index (κ3) is 3.95. The highest BCUT2D eigenvalue weighted by Gasteiger charge is 2.40. The number of carbonyl (C=O) groups excluding carboxylic acids is 1. The molecule has 1 aliphatic rings. The molecule has 132 valence electrons. The van der Waals surface area contributed by atoms with E-state index < -0.39 is 30.6 Å². The second-order valence-corrected chi connectivity index (χ2v) is 5.69. The minimum Gasteiger partial charge on any atom is -0.496 e. The van der Waals surface area contributed by atoms with Gasteiger partial charge in [-0.2, -0.15) is 0 Å². The molecule has 2 rings (SSSR count). The summed E-state index contributed by atoms with van der Waals surface area (Å²) in [4.78, 5) is 12.7. The molecular weight excluding hydrogens is 312 g/mol. The summed E-state index contributed by atoms with van der Waals surface area (Å²) < 4.78 is 21.7. The molecule has 4 atom stereocenters. The van der Waals surface area contributed by atoms with E-state index in [1.54, 1.807) is 19.1 Å². The molecule has 1 aromatic carbocycles. The minimum absolute atomic E-state index is 0.369. The lowest BCUT2D eigenvalue weighted by atomic mass is 10.0. The molecule has 24 heavy (non-hydrogen) atoms. The molecule has 1 aromatic rings. The van der Waals surface area contributed by atoms with Crippen molar-refractivity contribution in [3.8, 4) is 5.75 Å². The van der Waals surface area contributed by atoms with Crippen LogP contribution in [0.2, 0.25) is 0 Å². The second kappa shape index (κ2) is 8.28. The van der Waals surface area contributed by atoms with Crippen molar-refractivity contribution in [3.05, 3.63) is 42.0 Å². The lowest BCUT2D eigenvalue weighted by Gasteiger charge is -2.19. The van der Waals surface area contributed by atoms with E-state index in [0.717, 1.165) is 5.56 Å². The van der Waals surface area contributed by atoms with Gasteiger partial charge in [0.2, 0.25) is 0 Å². The van der Waals surface area contributed by atoms with Gasteiger partial charge in [0, 0.05) is 13.5 Å². The predicted molar refractivity (Wildman–Crippen MR) is 88.1 cm³/mol. The van der Waals surface area contributed by atoms with Crippen LogP contribution in [0.25, 0.3) is 0 Å². The fraction of sp³-hybridized carbons (Fsp3) is 0.500. The largest absolute Gasteiger partial charge is 0.496 e. The van der Waals surface area contributed by atoms with Gasteiger partial charge in [0.15, 0.2) is 12.4 Å². The molecule has 1 N–H and O–H groups in total. The van der Waals surface area contributed by atoms with Crippen molar-refractivity contribution in [2.24, 2.45) is 0 Å². The van der Waals surface area contributed by atoms with Gasteiger partial charge in [0.25, 0.3) is 0 Å². The first-order chi connectivity index (χ1) is 11.5. The van der Waals surface area contributed by atoms with Crippen LogP contribution >= 0.6 is 0 Å². The van der Waals surface area contributed by atoms with Crippen LogP contribution in [-0.4, -0.2) is 49.9 Å². The van der Waals surface area contributed by atoms with E-state index in [9.17, 15) is 9.90 Å². The monoisotopic (exact) mass is 336 g/mol. The Morgan fingerprint density at radius 3 is 2.83 bits per heavy atom. The van der Waals surface area contributed by atoms with Crippen LogP contribution < -0.4 is 4.74 Å². The molecule has 1 fully saturated rings. The predicted octanol–water partition coefficient (Wildman–Crippen LogP) is 2.09. The van der Waals surface area contributed by atoms with Crippen molar-refractivity contribution >= 4 is 5.97 Å². The standard InChI is InChI=1S/C18H24O6/c1-5-7-12-8-6-9-13(21-3)16(12)17(20)23-15-10-14(11(2)19)24-18(15)22-4/h5-6,8-9,11,14-15,18-19H,1,7,10H2,2-4H3/t11-,14+,15+,18?/m0/s1. The Morgan fingerprint density at radius 1 is 1.50 bits per heavy atom. The van der Waals surface area contributed by atoms with Crippen molar-refractivity contribution in [2.75, 3.05) is 14.2 Å². The highest BCUT2D eigenvalue weighted by atomic mass is 16.7. The Bertz CT molecular complexity index is 583. The number of hydrogen-bond acceptors (Lipinski definition) is 6. The number of carbonyl (C=O) groups is 1. The third-order valence-electron chi connectivity index (χ3n) is 4.01. The molecule has 0 saturated carbocycles. The Kier molecular flexibility index (Phi) is 6.36. The average molecular weight is 336 g/mol. The highest BCUT2D eigenvalue weighted by Crippen LogP contribution is 2.29. The number of ether oxygens (including phenoxy) is 4. The third-order valence-corrected chi connectivity index (χ3v) is 4.01. The molecule has 0 aromatic heterocycles. The molecule has 0 bridgehead atoms. The van der Waals surface area contributed by atoms with E-state index >= 15 is 0 Å². The molecule has 0 aliphatic carbocycles. The van der Waals surface area contributed by atoms with Crippen LogP contribution in [0, 0.1) is 0 Å². The van der Waals surface area contributed by atoms with Gasteiger partial charge in [-0.25, -0.2) is 4.79 Å². The fourth-order valence-corrected chi connectivity index (χ4v) is 2.78. The Balaban J connectivity index is 2.21. The van der Waals surface area contributed by atoms with Gasteiger partial charge in [-0.1, -0.05) is 18.2 Å². The maximum atomic E-state index is 12.7. The number of allylic oxidation sites excluding steroid dienone is 1. The summed E-state index contributed by atoms with van der Waals surface area (Å²) in [7, 11) is 2.98. The summed E-state index contributed by atoms with van der Waals surface area (Å²) in [6, 6.07) is 5.35. The Morgan fingerprint density at radius 2 is 2.25 bits per heavy atom. The lowest BCUT2D eigenvalue weighted by molar-refractivity contribution is -0.162. The number of esters is 1. The van der Waals surface area contributed by atoms with Crippen molar-refractivity contribution in [1.29, 1.82) is 0 Å². The van der Waals surface area contributed by atoms with Gasteiger partial charge in [0.05, 0.1) is 19.3 Å². The maximum absolute atomic E-state index is 12.7. The van der Waals surface area contributed by atoms with Crippen LogP contribution in [0.3, 0.4) is 0 Å². The molecular formula is C18H24O6. The Labute approximate surface area is 142 Å². The average Bonchev–Trinajstić information content (AvgIpc) is 2.98. The van der Waals surface area contributed by atoms with Crippen LogP contribution in [0.4, 0.5) is 0 Å². The summed E-state index contributed by atoms with van der Waals surface area (Å²) in [5.74, 6) is -0.0644. The summed E-state index contributed by atoms with van der Waals surface area (Å²) in [6.07, 6.45) is 0.202. The normalized spacial score (nSPS) is 24.4. The van der Waals surface area contributed by atoms with Crippen molar-refractivity contribution in [2.45, 2.75) is 44.4 Å². The molecule has 1 saturated heterocycles. The molecule has 6 heteroatoms. The topological polar surface area (TPSA) is 74.2 Å². The summed E-state index contributed by atoms with van der Waals surface area (Å²) in [6.45, 7) is 5.34. The second-order valence-electron chi connectivity index (χ2n) is 5.69. The molecule has 1 heterocycles. The quantitative estimate of drug-likeness (QED) is 0.607. The van der Waals surface area contributed by atoms with Crippen LogP contribution in [0.1, 0.15) is 29.3 Å². The molecule has 0 spiro atoms. The smallest absolute Gasteiger partial charge is 0.342 e. The maximum Gasteiger partial charge on any atom is 0.342 e. The van der Waals surface area contributed by atoms with Gasteiger partial charge >= 0.3 is 5.97 Å². The summed E-state index contributed by atoms with van der Waals surface area (Å²) in [5.41, 5.74) is 1.14. The zero-order valence-corrected chi connectivity index (χ0v) is 14.2. The molecule has 1 unspecified atom stereocenters. The van der Waals surface area contributed by atoms with Crippen molar-refractivity contribution in [3.63, 3.8) is 0 Å². The van der Waals surface area contributed by atoms with E-state index in [-0.39, 0.29) is 0 Å². The van der Waals surface area contributed by atoms with E-state index in [1.165, 1.54) is 14.2 Å². The Hall–Kier alpha value is -1.89. The lowest BCUT2D eigenvalue weighted by Crippen LogP contribution is -2.29. The van der Waals surface area contributed by atoms with Gasteiger partial charge in [-0.15, -0.1) is 6.58 Å². The summed E-state index contributed by atoms with van der Waals surface area (Å²) >= 11 is 0. The minimum atomic E-state index is -0.703. The first kappa shape index (κ1) is 18.4. The highest BCUT2D eigenvalue weighted by molar-refractivity contribution is 5.94. The van der Waals surface area contributed by atoms with Gasteiger partial charge in [-0.05, 0) is 25.0 Å². The molecule has 0 amide bonds. The number of methoxy groups -OCH3 is 2. The van der Waals surface area contributed by atoms with Gasteiger partial charge < -0.3 is 24.1 Å². The van der Waals surface area contributed by atoms with Crippen LogP contribution in [0.15, 0.2) is 30.9 Å². The van der Waals surface area contributed by atoms with E-state index in [2.05, 4.69) is 6.58 Å².